The van der Waals surface area contributed by atoms with E-state index < -0.39 is 0 Å². The molecule has 0 radical (unpaired) electrons. The van der Waals surface area contributed by atoms with Crippen LogP contribution in [-0.2, 0) is 0 Å². The van der Waals surface area contributed by atoms with E-state index in [9.17, 15) is 0 Å². The molecule has 10 heavy (non-hydrogen) atoms. The summed E-state index contributed by atoms with van der Waals surface area (Å²) >= 11 is 3.16. The van der Waals surface area contributed by atoms with E-state index in [2.05, 4.69) is 20.8 Å². The summed E-state index contributed by atoms with van der Waals surface area (Å²) in [4.78, 5) is 3.31. The molecule has 52 valence electrons. The Hall–Kier alpha value is -0.750. The zero-order chi connectivity index (χ0) is 7.56. The molecule has 1 aromatic rings. The topological polar surface area (TPSA) is 17.5 Å². The Labute approximate surface area is 67.8 Å². The Morgan fingerprint density at radius 2 is 2.40 bits per heavy atom. The fourth-order valence-corrected chi connectivity index (χ4v) is 0.936. The van der Waals surface area contributed by atoms with Crippen LogP contribution >= 0.6 is 15.9 Å². The van der Waals surface area contributed by atoms with Crippen LogP contribution in [0, 0.1) is 6.57 Å². The van der Waals surface area contributed by atoms with Crippen molar-refractivity contribution in [1.82, 2.24) is 0 Å². The molecule has 1 unspecified atom stereocenters. The molecule has 1 atom stereocenters. The second-order valence-corrected chi connectivity index (χ2v) is 2.73. The summed E-state index contributed by atoms with van der Waals surface area (Å²) in [5.74, 6) is 0.710. The second-order valence-electron chi connectivity index (χ2n) is 1.95. The standard InChI is InChI=1S/C7H6BrNO/c1-5(9-2)6-3-4-7(8)10-6/h3-5H,1H3. The van der Waals surface area contributed by atoms with E-state index in [4.69, 9.17) is 11.0 Å². The van der Waals surface area contributed by atoms with E-state index in [1.807, 2.05) is 0 Å². The van der Waals surface area contributed by atoms with Gasteiger partial charge >= 0.3 is 0 Å². The van der Waals surface area contributed by atoms with Crippen LogP contribution in [0.5, 0.6) is 0 Å². The summed E-state index contributed by atoms with van der Waals surface area (Å²) in [6, 6.07) is 3.41. The molecule has 1 aromatic heterocycles. The number of rotatable bonds is 1. The molecule has 0 amide bonds. The first kappa shape index (κ1) is 7.36. The van der Waals surface area contributed by atoms with Crippen molar-refractivity contribution < 1.29 is 4.42 Å². The van der Waals surface area contributed by atoms with Crippen LogP contribution in [0.3, 0.4) is 0 Å². The van der Waals surface area contributed by atoms with Gasteiger partial charge in [-0.15, -0.1) is 0 Å². The highest BCUT2D eigenvalue weighted by atomic mass is 79.9. The van der Waals surface area contributed by atoms with Crippen molar-refractivity contribution in [2.24, 2.45) is 0 Å². The molecular formula is C7H6BrNO. The molecule has 0 aliphatic heterocycles. The number of halogens is 1. The third-order valence-corrected chi connectivity index (χ3v) is 1.63. The summed E-state index contributed by atoms with van der Waals surface area (Å²) in [6.07, 6.45) is 0. The largest absolute Gasteiger partial charge is 0.446 e. The van der Waals surface area contributed by atoms with Gasteiger partial charge in [0.05, 0.1) is 0 Å². The van der Waals surface area contributed by atoms with Crippen LogP contribution in [0.15, 0.2) is 21.2 Å². The number of furan rings is 1. The highest BCUT2D eigenvalue weighted by molar-refractivity contribution is 9.10. The maximum absolute atomic E-state index is 6.71. The van der Waals surface area contributed by atoms with E-state index >= 15 is 0 Å². The Bertz CT molecular complexity index is 261. The van der Waals surface area contributed by atoms with Crippen LogP contribution in [0.25, 0.3) is 4.85 Å². The zero-order valence-electron chi connectivity index (χ0n) is 5.47. The third kappa shape index (κ3) is 1.39. The van der Waals surface area contributed by atoms with Gasteiger partial charge < -0.3 is 9.26 Å². The summed E-state index contributed by atoms with van der Waals surface area (Å²) in [7, 11) is 0. The number of hydrogen-bond acceptors (Lipinski definition) is 1. The molecule has 0 saturated heterocycles. The quantitative estimate of drug-likeness (QED) is 0.637. The Balaban J connectivity index is 2.87. The first-order valence-electron chi connectivity index (χ1n) is 2.86. The van der Waals surface area contributed by atoms with Crippen molar-refractivity contribution in [3.63, 3.8) is 0 Å². The smallest absolute Gasteiger partial charge is 0.277 e. The van der Waals surface area contributed by atoms with Gasteiger partial charge in [0, 0.05) is 6.92 Å². The minimum atomic E-state index is -0.175. The Morgan fingerprint density at radius 3 is 2.80 bits per heavy atom. The van der Waals surface area contributed by atoms with Gasteiger partial charge in [-0.05, 0) is 28.1 Å². The lowest BCUT2D eigenvalue weighted by Gasteiger charge is -1.90. The first-order valence-corrected chi connectivity index (χ1v) is 3.65. The number of nitrogens with zero attached hydrogens (tertiary/aromatic N) is 1. The maximum Gasteiger partial charge on any atom is 0.277 e. The van der Waals surface area contributed by atoms with Gasteiger partial charge in [0.2, 0.25) is 0 Å². The van der Waals surface area contributed by atoms with Gasteiger partial charge in [0.1, 0.15) is 0 Å². The SMILES string of the molecule is [C-]#[N+]C(C)c1ccc(Br)o1. The minimum Gasteiger partial charge on any atom is -0.446 e. The van der Waals surface area contributed by atoms with Crippen LogP contribution in [0.1, 0.15) is 18.7 Å². The molecule has 0 aliphatic rings. The van der Waals surface area contributed by atoms with E-state index in [1.165, 1.54) is 0 Å². The first-order chi connectivity index (χ1) is 4.74. The van der Waals surface area contributed by atoms with Gasteiger partial charge in [0.25, 0.3) is 6.04 Å². The van der Waals surface area contributed by atoms with Gasteiger partial charge in [-0.2, -0.15) is 0 Å². The molecule has 0 bridgehead atoms. The highest BCUT2D eigenvalue weighted by Gasteiger charge is 2.11. The van der Waals surface area contributed by atoms with Crippen molar-refractivity contribution in [2.75, 3.05) is 0 Å². The predicted molar refractivity (Wildman–Crippen MR) is 41.4 cm³/mol. The van der Waals surface area contributed by atoms with E-state index in [0.29, 0.717) is 10.4 Å². The van der Waals surface area contributed by atoms with Crippen molar-refractivity contribution >= 4 is 15.9 Å². The zero-order valence-corrected chi connectivity index (χ0v) is 7.05. The van der Waals surface area contributed by atoms with E-state index in [1.54, 1.807) is 19.1 Å². The average Bonchev–Trinajstić information content (AvgIpc) is 2.34. The Kier molecular flexibility index (Phi) is 2.13. The normalized spacial score (nSPS) is 12.5. The summed E-state index contributed by atoms with van der Waals surface area (Å²) in [5.41, 5.74) is 0. The molecule has 3 heteroatoms. The second kappa shape index (κ2) is 2.89. The van der Waals surface area contributed by atoms with Gasteiger partial charge in [0.15, 0.2) is 10.4 Å². The van der Waals surface area contributed by atoms with E-state index in [-0.39, 0.29) is 6.04 Å². The van der Waals surface area contributed by atoms with Crippen molar-refractivity contribution in [3.05, 3.63) is 34.0 Å². The van der Waals surface area contributed by atoms with Crippen LogP contribution in [0.2, 0.25) is 0 Å². The minimum absolute atomic E-state index is 0.175. The van der Waals surface area contributed by atoms with Crippen LogP contribution < -0.4 is 0 Å². The predicted octanol–water partition coefficient (Wildman–Crippen LogP) is 3.02. The number of hydrogen-bond donors (Lipinski definition) is 0. The molecule has 0 saturated carbocycles. The van der Waals surface area contributed by atoms with E-state index in [0.717, 1.165) is 0 Å². The van der Waals surface area contributed by atoms with Crippen molar-refractivity contribution in [1.29, 1.82) is 0 Å². The van der Waals surface area contributed by atoms with Crippen molar-refractivity contribution in [2.45, 2.75) is 13.0 Å². The summed E-state index contributed by atoms with van der Waals surface area (Å²) in [5, 5.41) is 0. The molecule has 0 fully saturated rings. The van der Waals surface area contributed by atoms with Gasteiger partial charge in [-0.3, -0.25) is 0 Å². The van der Waals surface area contributed by atoms with Crippen LogP contribution in [0.4, 0.5) is 0 Å². The summed E-state index contributed by atoms with van der Waals surface area (Å²) < 4.78 is 5.82. The lowest BCUT2D eigenvalue weighted by molar-refractivity contribution is 0.478. The van der Waals surface area contributed by atoms with Gasteiger partial charge in [-0.25, -0.2) is 6.57 Å². The lowest BCUT2D eigenvalue weighted by Crippen LogP contribution is -1.79. The highest BCUT2D eigenvalue weighted by Crippen LogP contribution is 2.22. The molecule has 0 aromatic carbocycles. The molecule has 0 aliphatic carbocycles. The fraction of sp³-hybridized carbons (Fsp3) is 0.286. The summed E-state index contributed by atoms with van der Waals surface area (Å²) in [6.45, 7) is 8.51. The fourth-order valence-electron chi connectivity index (χ4n) is 0.616. The third-order valence-electron chi connectivity index (χ3n) is 1.20. The molecule has 1 rings (SSSR count). The monoisotopic (exact) mass is 199 g/mol. The lowest BCUT2D eigenvalue weighted by atomic mass is 10.3. The van der Waals surface area contributed by atoms with Crippen molar-refractivity contribution in [3.8, 4) is 0 Å². The average molecular weight is 200 g/mol. The molecule has 0 spiro atoms. The molecule has 2 nitrogen and oxygen atoms in total. The van der Waals surface area contributed by atoms with Crippen LogP contribution in [-0.4, -0.2) is 0 Å². The maximum atomic E-state index is 6.71. The molecule has 1 heterocycles. The molecular weight excluding hydrogens is 194 g/mol. The Morgan fingerprint density at radius 1 is 1.70 bits per heavy atom. The molecule has 0 N–H and O–H groups in total. The van der Waals surface area contributed by atoms with Gasteiger partial charge in [-0.1, -0.05) is 0 Å².